The first-order valence-corrected chi connectivity index (χ1v) is 11.8. The SMILES string of the molecule is COc1ccc(N2C(=O)[C@H](O[C@@H]3C[C@H](C)CC[C@H]3C(C)C)[C@@H]2/C=C/c2ccccc2)cc1. The molecule has 2 aromatic rings. The van der Waals surface area contributed by atoms with Crippen LogP contribution in [0.2, 0.25) is 0 Å². The number of anilines is 1. The second-order valence-corrected chi connectivity index (χ2v) is 9.59. The molecule has 4 nitrogen and oxygen atoms in total. The molecule has 32 heavy (non-hydrogen) atoms. The molecular formula is C28H35NO3. The molecule has 0 aromatic heterocycles. The van der Waals surface area contributed by atoms with E-state index in [0.717, 1.165) is 23.4 Å². The Morgan fingerprint density at radius 2 is 1.75 bits per heavy atom. The Kier molecular flexibility index (Phi) is 7.00. The van der Waals surface area contributed by atoms with Gasteiger partial charge in [0.2, 0.25) is 0 Å². The quantitative estimate of drug-likeness (QED) is 0.505. The van der Waals surface area contributed by atoms with Crippen LogP contribution in [0, 0.1) is 17.8 Å². The predicted octanol–water partition coefficient (Wildman–Crippen LogP) is 5.97. The summed E-state index contributed by atoms with van der Waals surface area (Å²) >= 11 is 0. The number of carbonyl (C=O) groups excluding carboxylic acids is 1. The Balaban J connectivity index is 1.58. The number of nitrogens with zero attached hydrogens (tertiary/aromatic N) is 1. The lowest BCUT2D eigenvalue weighted by atomic mass is 9.75. The van der Waals surface area contributed by atoms with E-state index in [1.807, 2.05) is 47.4 Å². The molecule has 0 N–H and O–H groups in total. The molecule has 1 aliphatic heterocycles. The van der Waals surface area contributed by atoms with E-state index < -0.39 is 6.10 Å². The number of β-lactam (4-membered cyclic amide) rings is 1. The number of benzene rings is 2. The van der Waals surface area contributed by atoms with Crippen LogP contribution >= 0.6 is 0 Å². The number of amides is 1. The smallest absolute Gasteiger partial charge is 0.259 e. The van der Waals surface area contributed by atoms with Crippen molar-refractivity contribution >= 4 is 17.7 Å². The summed E-state index contributed by atoms with van der Waals surface area (Å²) in [7, 11) is 1.65. The average molecular weight is 434 g/mol. The Morgan fingerprint density at radius 1 is 1.03 bits per heavy atom. The summed E-state index contributed by atoms with van der Waals surface area (Å²) in [5.74, 6) is 2.52. The molecule has 1 aliphatic carbocycles. The minimum absolute atomic E-state index is 0.0404. The molecule has 4 rings (SSSR count). The van der Waals surface area contributed by atoms with E-state index in [1.165, 1.54) is 12.8 Å². The first kappa shape index (κ1) is 22.6. The zero-order valence-electron chi connectivity index (χ0n) is 19.6. The summed E-state index contributed by atoms with van der Waals surface area (Å²) in [6.45, 7) is 6.85. The fraction of sp³-hybridized carbons (Fsp3) is 0.464. The topological polar surface area (TPSA) is 38.8 Å². The molecule has 4 heteroatoms. The van der Waals surface area contributed by atoms with E-state index in [1.54, 1.807) is 7.11 Å². The van der Waals surface area contributed by atoms with Crippen LogP contribution in [0.1, 0.15) is 45.6 Å². The lowest BCUT2D eigenvalue weighted by molar-refractivity contribution is -0.154. The van der Waals surface area contributed by atoms with Gasteiger partial charge >= 0.3 is 0 Å². The van der Waals surface area contributed by atoms with Crippen LogP contribution in [0.5, 0.6) is 5.75 Å². The van der Waals surface area contributed by atoms with Crippen LogP contribution in [-0.2, 0) is 9.53 Å². The molecule has 1 heterocycles. The number of hydrogen-bond donors (Lipinski definition) is 0. The summed E-state index contributed by atoms with van der Waals surface area (Å²) in [6, 6.07) is 17.8. The fourth-order valence-corrected chi connectivity index (χ4v) is 5.08. The maximum Gasteiger partial charge on any atom is 0.259 e. The molecule has 0 bridgehead atoms. The molecular weight excluding hydrogens is 398 g/mol. The van der Waals surface area contributed by atoms with Crippen molar-refractivity contribution in [3.63, 3.8) is 0 Å². The van der Waals surface area contributed by atoms with Crippen molar-refractivity contribution in [3.05, 3.63) is 66.2 Å². The summed E-state index contributed by atoms with van der Waals surface area (Å²) in [5.41, 5.74) is 1.99. The van der Waals surface area contributed by atoms with Gasteiger partial charge in [0, 0.05) is 5.69 Å². The highest BCUT2D eigenvalue weighted by atomic mass is 16.5. The van der Waals surface area contributed by atoms with Gasteiger partial charge in [-0.3, -0.25) is 9.69 Å². The van der Waals surface area contributed by atoms with E-state index >= 15 is 0 Å². The van der Waals surface area contributed by atoms with Crippen LogP contribution in [-0.4, -0.2) is 31.3 Å². The monoisotopic (exact) mass is 433 g/mol. The predicted molar refractivity (Wildman–Crippen MR) is 130 cm³/mol. The van der Waals surface area contributed by atoms with Crippen LogP contribution in [0.3, 0.4) is 0 Å². The molecule has 0 unspecified atom stereocenters. The molecule has 1 saturated heterocycles. The highest BCUT2D eigenvalue weighted by Crippen LogP contribution is 2.39. The van der Waals surface area contributed by atoms with Gasteiger partial charge in [-0.25, -0.2) is 0 Å². The number of carbonyl (C=O) groups is 1. The van der Waals surface area contributed by atoms with Crippen molar-refractivity contribution in [2.45, 2.75) is 58.3 Å². The van der Waals surface area contributed by atoms with Gasteiger partial charge in [-0.2, -0.15) is 0 Å². The summed E-state index contributed by atoms with van der Waals surface area (Å²) in [4.78, 5) is 15.2. The van der Waals surface area contributed by atoms with Crippen LogP contribution in [0.15, 0.2) is 60.7 Å². The summed E-state index contributed by atoms with van der Waals surface area (Å²) < 4.78 is 11.9. The van der Waals surface area contributed by atoms with Crippen molar-refractivity contribution in [3.8, 4) is 5.75 Å². The van der Waals surface area contributed by atoms with Crippen molar-refractivity contribution < 1.29 is 14.3 Å². The second kappa shape index (κ2) is 9.91. The maximum atomic E-state index is 13.3. The lowest BCUT2D eigenvalue weighted by Gasteiger charge is -2.48. The van der Waals surface area contributed by atoms with Crippen LogP contribution < -0.4 is 9.64 Å². The third-order valence-electron chi connectivity index (χ3n) is 7.01. The molecule has 0 radical (unpaired) electrons. The molecule has 2 fully saturated rings. The van der Waals surface area contributed by atoms with E-state index in [-0.39, 0.29) is 18.1 Å². The van der Waals surface area contributed by atoms with Gasteiger partial charge in [0.25, 0.3) is 5.91 Å². The van der Waals surface area contributed by atoms with E-state index in [9.17, 15) is 4.79 Å². The number of rotatable bonds is 7. The normalized spacial score (nSPS) is 28.2. The maximum absolute atomic E-state index is 13.3. The fourth-order valence-electron chi connectivity index (χ4n) is 5.08. The second-order valence-electron chi connectivity index (χ2n) is 9.59. The Morgan fingerprint density at radius 3 is 2.41 bits per heavy atom. The van der Waals surface area contributed by atoms with Crippen molar-refractivity contribution in [1.82, 2.24) is 0 Å². The standard InChI is InChI=1S/C28H35NO3/c1-19(2)24-16-10-20(3)18-26(24)32-27-25(17-11-21-8-6-5-7-9-21)29(28(27)30)22-12-14-23(31-4)15-13-22/h5-9,11-15,17,19-20,24-27H,10,16,18H2,1-4H3/b17-11+/t20-,24+,25+,26-,27-/m1/s1. The molecule has 1 amide bonds. The van der Waals surface area contributed by atoms with Crippen LogP contribution in [0.4, 0.5) is 5.69 Å². The van der Waals surface area contributed by atoms with Crippen LogP contribution in [0.25, 0.3) is 6.08 Å². The van der Waals surface area contributed by atoms with Gasteiger partial charge in [0.15, 0.2) is 6.10 Å². The molecule has 170 valence electrons. The molecule has 0 spiro atoms. The Bertz CT molecular complexity index is 921. The van der Waals surface area contributed by atoms with Crippen molar-refractivity contribution in [1.29, 1.82) is 0 Å². The third kappa shape index (κ3) is 4.75. The van der Waals surface area contributed by atoms with Gasteiger partial charge in [0.05, 0.1) is 19.3 Å². The van der Waals surface area contributed by atoms with Gasteiger partial charge in [-0.1, -0.05) is 69.7 Å². The number of ether oxygens (including phenoxy) is 2. The van der Waals surface area contributed by atoms with Gasteiger partial charge in [0.1, 0.15) is 5.75 Å². The van der Waals surface area contributed by atoms with E-state index in [4.69, 9.17) is 9.47 Å². The van der Waals surface area contributed by atoms with Crippen molar-refractivity contribution in [2.75, 3.05) is 12.0 Å². The summed E-state index contributed by atoms with van der Waals surface area (Å²) in [6.07, 6.45) is 7.36. The minimum atomic E-state index is -0.436. The van der Waals surface area contributed by atoms with Gasteiger partial charge < -0.3 is 9.47 Å². The average Bonchev–Trinajstić information content (AvgIpc) is 2.80. The highest BCUT2D eigenvalue weighted by molar-refractivity contribution is 6.05. The van der Waals surface area contributed by atoms with E-state index in [0.29, 0.717) is 17.8 Å². The minimum Gasteiger partial charge on any atom is -0.497 e. The summed E-state index contributed by atoms with van der Waals surface area (Å²) in [5, 5.41) is 0. The van der Waals surface area contributed by atoms with Gasteiger partial charge in [-0.05, 0) is 60.4 Å². The highest BCUT2D eigenvalue weighted by Gasteiger charge is 2.50. The molecule has 2 aromatic carbocycles. The van der Waals surface area contributed by atoms with Crippen molar-refractivity contribution in [2.24, 2.45) is 17.8 Å². The molecule has 1 saturated carbocycles. The number of hydrogen-bond acceptors (Lipinski definition) is 3. The zero-order valence-corrected chi connectivity index (χ0v) is 19.6. The molecule has 2 aliphatic rings. The Labute approximate surface area is 192 Å². The largest absolute Gasteiger partial charge is 0.497 e. The number of methoxy groups -OCH3 is 1. The first-order chi connectivity index (χ1) is 15.5. The first-order valence-electron chi connectivity index (χ1n) is 11.8. The Hall–Kier alpha value is -2.59. The van der Waals surface area contributed by atoms with E-state index in [2.05, 4.69) is 45.1 Å². The molecule has 5 atom stereocenters. The lowest BCUT2D eigenvalue weighted by Crippen LogP contribution is -2.66. The van der Waals surface area contributed by atoms with Gasteiger partial charge in [-0.15, -0.1) is 0 Å². The zero-order chi connectivity index (χ0) is 22.7. The third-order valence-corrected chi connectivity index (χ3v) is 7.01.